The van der Waals surface area contributed by atoms with Gasteiger partial charge in [0.1, 0.15) is 0 Å². The molecule has 2 aromatic rings. The molecule has 8 nitrogen and oxygen atoms in total. The quantitative estimate of drug-likeness (QED) is 0.599. The third kappa shape index (κ3) is 6.13. The van der Waals surface area contributed by atoms with Crippen molar-refractivity contribution in [3.63, 3.8) is 0 Å². The fraction of sp³-hybridized carbons (Fsp3) is 0.417. The number of anilines is 2. The largest absolute Gasteiger partial charge is 0.493 e. The predicted molar refractivity (Wildman–Crippen MR) is 124 cm³/mol. The number of carbonyl (C=O) groups is 2. The number of esters is 1. The van der Waals surface area contributed by atoms with Crippen LogP contribution in [0.4, 0.5) is 11.4 Å². The molecule has 172 valence electrons. The van der Waals surface area contributed by atoms with Gasteiger partial charge >= 0.3 is 5.97 Å². The van der Waals surface area contributed by atoms with Gasteiger partial charge in [-0.05, 0) is 55.9 Å². The van der Waals surface area contributed by atoms with E-state index in [1.807, 2.05) is 31.2 Å². The number of nitrogens with one attached hydrogen (secondary N) is 1. The Morgan fingerprint density at radius 2 is 1.69 bits per heavy atom. The lowest BCUT2D eigenvalue weighted by Crippen LogP contribution is -2.46. The minimum atomic E-state index is -0.608. The molecule has 0 unspecified atom stereocenters. The monoisotopic (exact) mass is 441 g/mol. The maximum Gasteiger partial charge on any atom is 0.338 e. The van der Waals surface area contributed by atoms with Crippen molar-refractivity contribution < 1.29 is 23.8 Å². The highest BCUT2D eigenvalue weighted by atomic mass is 16.5. The Hall–Kier alpha value is -3.26. The number of amides is 1. The van der Waals surface area contributed by atoms with Crippen LogP contribution in [0.1, 0.15) is 24.2 Å². The van der Waals surface area contributed by atoms with Gasteiger partial charge in [0.05, 0.1) is 19.3 Å². The maximum absolute atomic E-state index is 12.3. The van der Waals surface area contributed by atoms with Gasteiger partial charge in [0, 0.05) is 37.6 Å². The van der Waals surface area contributed by atoms with E-state index in [0.29, 0.717) is 23.8 Å². The Kier molecular flexibility index (Phi) is 8.33. The van der Waals surface area contributed by atoms with Crippen LogP contribution in [0.3, 0.4) is 0 Å². The zero-order valence-corrected chi connectivity index (χ0v) is 18.9. The molecular formula is C24H31N3O5. The average Bonchev–Trinajstić information content (AvgIpc) is 2.83. The van der Waals surface area contributed by atoms with E-state index in [1.54, 1.807) is 12.1 Å². The van der Waals surface area contributed by atoms with Crippen molar-refractivity contribution in [2.45, 2.75) is 13.8 Å². The molecule has 0 radical (unpaired) electrons. The van der Waals surface area contributed by atoms with Crippen LogP contribution in [0.25, 0.3) is 0 Å². The minimum Gasteiger partial charge on any atom is -0.493 e. The maximum atomic E-state index is 12.3. The predicted octanol–water partition coefficient (Wildman–Crippen LogP) is 3.03. The highest BCUT2D eigenvalue weighted by Crippen LogP contribution is 2.28. The summed E-state index contributed by atoms with van der Waals surface area (Å²) in [6.45, 7) is 9.32. The van der Waals surface area contributed by atoms with Crippen molar-refractivity contribution in [1.29, 1.82) is 0 Å². The van der Waals surface area contributed by atoms with Gasteiger partial charge in [-0.25, -0.2) is 4.79 Å². The van der Waals surface area contributed by atoms with Gasteiger partial charge in [-0.3, -0.25) is 4.79 Å². The van der Waals surface area contributed by atoms with Gasteiger partial charge in [0.2, 0.25) is 0 Å². The van der Waals surface area contributed by atoms with Crippen LogP contribution in [0.5, 0.6) is 11.5 Å². The minimum absolute atomic E-state index is 0.283. The van der Waals surface area contributed by atoms with Crippen molar-refractivity contribution >= 4 is 23.3 Å². The number of piperazine rings is 1. The van der Waals surface area contributed by atoms with Crippen molar-refractivity contribution in [2.75, 3.05) is 63.3 Å². The molecule has 0 aliphatic carbocycles. The number of rotatable bonds is 9. The van der Waals surface area contributed by atoms with Crippen LogP contribution in [0.15, 0.2) is 42.5 Å². The second kappa shape index (κ2) is 11.4. The van der Waals surface area contributed by atoms with Gasteiger partial charge in [-0.2, -0.15) is 0 Å². The summed E-state index contributed by atoms with van der Waals surface area (Å²) in [5, 5.41) is 2.76. The molecule has 0 spiro atoms. The molecule has 0 saturated carbocycles. The smallest absolute Gasteiger partial charge is 0.338 e. The van der Waals surface area contributed by atoms with Crippen LogP contribution < -0.4 is 19.7 Å². The molecule has 1 heterocycles. The van der Waals surface area contributed by atoms with Crippen molar-refractivity contribution in [2.24, 2.45) is 0 Å². The Morgan fingerprint density at radius 3 is 2.31 bits per heavy atom. The van der Waals surface area contributed by atoms with E-state index in [9.17, 15) is 9.59 Å². The highest BCUT2D eigenvalue weighted by Gasteiger charge is 2.16. The third-order valence-electron chi connectivity index (χ3n) is 5.37. The standard InChI is InChI=1S/C24H31N3O5/c1-4-26-12-14-27(15-13-26)20-9-7-19(8-10-20)25-23(28)17-32-24(29)18-6-11-21(31-5-2)22(16-18)30-3/h6-11,16H,4-5,12-15,17H2,1-3H3,(H,25,28). The molecule has 0 bridgehead atoms. The number of hydrogen-bond donors (Lipinski definition) is 1. The topological polar surface area (TPSA) is 80.3 Å². The van der Waals surface area contributed by atoms with E-state index in [4.69, 9.17) is 14.2 Å². The number of nitrogens with zero attached hydrogens (tertiary/aromatic N) is 2. The SMILES string of the molecule is CCOc1ccc(C(=O)OCC(=O)Nc2ccc(N3CCN(CC)CC3)cc2)cc1OC. The fourth-order valence-electron chi connectivity index (χ4n) is 3.56. The molecule has 1 aliphatic heterocycles. The molecule has 0 atom stereocenters. The first kappa shape index (κ1) is 23.4. The number of benzene rings is 2. The Morgan fingerprint density at radius 1 is 0.969 bits per heavy atom. The molecule has 1 fully saturated rings. The summed E-state index contributed by atoms with van der Waals surface area (Å²) in [4.78, 5) is 29.3. The molecule has 1 N–H and O–H groups in total. The summed E-state index contributed by atoms with van der Waals surface area (Å²) in [5.74, 6) is -0.0365. The van der Waals surface area contributed by atoms with E-state index in [1.165, 1.54) is 13.2 Å². The molecule has 1 saturated heterocycles. The molecule has 0 aromatic heterocycles. The van der Waals surface area contributed by atoms with E-state index >= 15 is 0 Å². The van der Waals surface area contributed by atoms with Crippen LogP contribution in [0.2, 0.25) is 0 Å². The molecule has 32 heavy (non-hydrogen) atoms. The lowest BCUT2D eigenvalue weighted by Gasteiger charge is -2.35. The third-order valence-corrected chi connectivity index (χ3v) is 5.37. The molecule has 1 aliphatic rings. The zero-order valence-electron chi connectivity index (χ0n) is 18.9. The van der Waals surface area contributed by atoms with Crippen LogP contribution in [-0.2, 0) is 9.53 Å². The number of ether oxygens (including phenoxy) is 3. The van der Waals surface area contributed by atoms with Gasteiger partial charge in [-0.1, -0.05) is 6.92 Å². The molecule has 3 rings (SSSR count). The summed E-state index contributed by atoms with van der Waals surface area (Å²) in [6.07, 6.45) is 0. The Labute approximate surface area is 189 Å². The summed E-state index contributed by atoms with van der Waals surface area (Å²) in [7, 11) is 1.50. The van der Waals surface area contributed by atoms with Crippen LogP contribution in [-0.4, -0.2) is 69.8 Å². The molecule has 2 aromatic carbocycles. The fourth-order valence-corrected chi connectivity index (χ4v) is 3.56. The number of methoxy groups -OCH3 is 1. The van der Waals surface area contributed by atoms with Gasteiger partial charge < -0.3 is 29.3 Å². The summed E-state index contributed by atoms with van der Waals surface area (Å²) >= 11 is 0. The van der Waals surface area contributed by atoms with E-state index in [2.05, 4.69) is 22.0 Å². The molecule has 1 amide bonds. The van der Waals surface area contributed by atoms with Crippen molar-refractivity contribution in [1.82, 2.24) is 4.90 Å². The second-order valence-electron chi connectivity index (χ2n) is 7.39. The summed E-state index contributed by atoms with van der Waals surface area (Å²) < 4.78 is 15.8. The van der Waals surface area contributed by atoms with E-state index < -0.39 is 11.9 Å². The lowest BCUT2D eigenvalue weighted by atomic mass is 10.2. The first-order valence-electron chi connectivity index (χ1n) is 10.9. The van der Waals surface area contributed by atoms with Crippen molar-refractivity contribution in [3.8, 4) is 11.5 Å². The normalized spacial score (nSPS) is 14.0. The van der Waals surface area contributed by atoms with Gasteiger partial charge in [0.15, 0.2) is 18.1 Å². The zero-order chi connectivity index (χ0) is 22.9. The summed E-state index contributed by atoms with van der Waals surface area (Å²) in [6, 6.07) is 12.5. The highest BCUT2D eigenvalue weighted by molar-refractivity contribution is 5.95. The van der Waals surface area contributed by atoms with Gasteiger partial charge in [-0.15, -0.1) is 0 Å². The first-order chi connectivity index (χ1) is 15.5. The Bertz CT molecular complexity index is 908. The van der Waals surface area contributed by atoms with E-state index in [-0.39, 0.29) is 12.2 Å². The molecular weight excluding hydrogens is 410 g/mol. The van der Waals surface area contributed by atoms with E-state index in [0.717, 1.165) is 38.4 Å². The Balaban J connectivity index is 1.49. The molecule has 8 heteroatoms. The van der Waals surface area contributed by atoms with Gasteiger partial charge in [0.25, 0.3) is 5.91 Å². The number of hydrogen-bond acceptors (Lipinski definition) is 7. The number of likely N-dealkylation sites (N-methyl/N-ethyl adjacent to an activating group) is 1. The lowest BCUT2D eigenvalue weighted by molar-refractivity contribution is -0.119. The second-order valence-corrected chi connectivity index (χ2v) is 7.39. The van der Waals surface area contributed by atoms with Crippen molar-refractivity contribution in [3.05, 3.63) is 48.0 Å². The van der Waals surface area contributed by atoms with Crippen LogP contribution in [0, 0.1) is 0 Å². The van der Waals surface area contributed by atoms with Crippen LogP contribution >= 0.6 is 0 Å². The first-order valence-corrected chi connectivity index (χ1v) is 10.9. The average molecular weight is 442 g/mol. The number of carbonyl (C=O) groups excluding carboxylic acids is 2. The summed E-state index contributed by atoms with van der Waals surface area (Å²) in [5.41, 5.74) is 2.07.